The summed E-state index contributed by atoms with van der Waals surface area (Å²) in [5, 5.41) is 0. The number of nitrogens with one attached hydrogen (secondary N) is 1. The zero-order valence-corrected chi connectivity index (χ0v) is 15.1. The summed E-state index contributed by atoms with van der Waals surface area (Å²) in [6, 6.07) is 10.3. The minimum atomic E-state index is -3.63. The minimum Gasteiger partial charge on any atom is -0.309 e. The van der Waals surface area contributed by atoms with Crippen LogP contribution in [0.1, 0.15) is 31.5 Å². The highest BCUT2D eigenvalue weighted by Crippen LogP contribution is 2.34. The second-order valence-corrected chi connectivity index (χ2v) is 7.87. The summed E-state index contributed by atoms with van der Waals surface area (Å²) >= 11 is 0. The van der Waals surface area contributed by atoms with Crippen LogP contribution >= 0.6 is 0 Å². The van der Waals surface area contributed by atoms with Gasteiger partial charge in [0, 0.05) is 24.3 Å². The summed E-state index contributed by atoms with van der Waals surface area (Å²) in [5.41, 5.74) is 2.35. The lowest BCUT2D eigenvalue weighted by atomic mass is 10.1. The van der Waals surface area contributed by atoms with E-state index in [0.717, 1.165) is 11.3 Å². The molecule has 0 saturated heterocycles. The summed E-state index contributed by atoms with van der Waals surface area (Å²) < 4.78 is 27.6. The minimum absolute atomic E-state index is 0.0434. The predicted octanol–water partition coefficient (Wildman–Crippen LogP) is 2.25. The number of carbonyl (C=O) groups is 1. The number of carbonyl (C=O) groups excluding carboxylic acids is 1. The van der Waals surface area contributed by atoms with E-state index in [2.05, 4.69) is 9.71 Å². The number of benzene rings is 1. The fourth-order valence-corrected chi connectivity index (χ4v) is 4.13. The van der Waals surface area contributed by atoms with Crippen LogP contribution in [0.2, 0.25) is 0 Å². The lowest BCUT2D eigenvalue weighted by Gasteiger charge is -2.22. The Morgan fingerprint density at radius 3 is 2.80 bits per heavy atom. The van der Waals surface area contributed by atoms with Gasteiger partial charge in [0.25, 0.3) is 0 Å². The van der Waals surface area contributed by atoms with Crippen LogP contribution in [-0.4, -0.2) is 25.4 Å². The number of rotatable bonds is 5. The average molecular weight is 359 g/mol. The molecule has 1 aromatic heterocycles. The van der Waals surface area contributed by atoms with E-state index in [4.69, 9.17) is 0 Å². The Labute approximate surface area is 147 Å². The highest BCUT2D eigenvalue weighted by Gasteiger charge is 2.31. The van der Waals surface area contributed by atoms with Gasteiger partial charge in [-0.05, 0) is 49.2 Å². The first-order chi connectivity index (χ1) is 11.9. The normalized spacial score (nSPS) is 16.7. The lowest BCUT2D eigenvalue weighted by Crippen LogP contribution is -2.35. The quantitative estimate of drug-likeness (QED) is 0.888. The summed E-state index contributed by atoms with van der Waals surface area (Å²) in [5.74, 6) is 0.0511. The number of hydrogen-bond donors (Lipinski definition) is 1. The number of nitrogens with zero attached hydrogens (tertiary/aromatic N) is 2. The topological polar surface area (TPSA) is 79.4 Å². The Morgan fingerprint density at radius 2 is 2.12 bits per heavy atom. The molecule has 2 aromatic rings. The van der Waals surface area contributed by atoms with Crippen molar-refractivity contribution >= 4 is 21.6 Å². The van der Waals surface area contributed by atoms with Gasteiger partial charge in [-0.3, -0.25) is 9.78 Å². The Kier molecular flexibility index (Phi) is 4.87. The maximum Gasteiger partial charge on any atom is 0.240 e. The SMILES string of the molecule is CCC(=O)N1c2ccc(S(=O)(=O)NCc3ccccn3)cc2CC1C. The molecule has 1 aromatic carbocycles. The summed E-state index contributed by atoms with van der Waals surface area (Å²) in [4.78, 5) is 18.2. The lowest BCUT2D eigenvalue weighted by molar-refractivity contribution is -0.118. The van der Waals surface area contributed by atoms with E-state index < -0.39 is 10.0 Å². The highest BCUT2D eigenvalue weighted by molar-refractivity contribution is 7.89. The standard InChI is InChI=1S/C18H21N3O3S/c1-3-18(22)21-13(2)10-14-11-16(7-8-17(14)21)25(23,24)20-12-15-6-4-5-9-19-15/h4-9,11,13,20H,3,10,12H2,1-2H3. The highest BCUT2D eigenvalue weighted by atomic mass is 32.2. The molecule has 0 radical (unpaired) electrons. The van der Waals surface area contributed by atoms with Gasteiger partial charge in [-0.15, -0.1) is 0 Å². The summed E-state index contributed by atoms with van der Waals surface area (Å²) in [6.07, 6.45) is 2.71. The number of sulfonamides is 1. The molecule has 25 heavy (non-hydrogen) atoms. The predicted molar refractivity (Wildman–Crippen MR) is 95.6 cm³/mol. The van der Waals surface area contributed by atoms with E-state index >= 15 is 0 Å². The molecule has 0 fully saturated rings. The van der Waals surface area contributed by atoms with E-state index in [1.807, 2.05) is 19.9 Å². The molecule has 1 N–H and O–H groups in total. The molecule has 1 atom stereocenters. The van der Waals surface area contributed by atoms with Crippen molar-refractivity contribution in [2.24, 2.45) is 0 Å². The molecule has 0 saturated carbocycles. The van der Waals surface area contributed by atoms with Crippen LogP contribution in [0.25, 0.3) is 0 Å². The number of amides is 1. The van der Waals surface area contributed by atoms with Gasteiger partial charge in [0.15, 0.2) is 0 Å². The van der Waals surface area contributed by atoms with Crippen LogP contribution in [0.4, 0.5) is 5.69 Å². The number of hydrogen-bond acceptors (Lipinski definition) is 4. The number of pyridine rings is 1. The van der Waals surface area contributed by atoms with Crippen LogP contribution in [0, 0.1) is 0 Å². The number of anilines is 1. The fraction of sp³-hybridized carbons (Fsp3) is 0.333. The van der Waals surface area contributed by atoms with Crippen molar-refractivity contribution in [2.75, 3.05) is 4.90 Å². The second-order valence-electron chi connectivity index (χ2n) is 6.11. The molecule has 132 valence electrons. The largest absolute Gasteiger partial charge is 0.309 e. The van der Waals surface area contributed by atoms with Crippen molar-refractivity contribution in [1.29, 1.82) is 0 Å². The maximum atomic E-state index is 12.5. The molecule has 1 unspecified atom stereocenters. The Hall–Kier alpha value is -2.25. The first-order valence-corrected chi connectivity index (χ1v) is 9.75. The third kappa shape index (κ3) is 3.57. The van der Waals surface area contributed by atoms with E-state index in [1.54, 1.807) is 41.4 Å². The van der Waals surface area contributed by atoms with Crippen LogP contribution < -0.4 is 9.62 Å². The molecular formula is C18H21N3O3S. The summed E-state index contributed by atoms with van der Waals surface area (Å²) in [7, 11) is -3.63. The second kappa shape index (κ2) is 6.93. The molecule has 0 spiro atoms. The van der Waals surface area contributed by atoms with Crippen LogP contribution in [-0.2, 0) is 27.8 Å². The number of aromatic nitrogens is 1. The molecule has 0 aliphatic carbocycles. The fourth-order valence-electron chi connectivity index (χ4n) is 3.08. The van der Waals surface area contributed by atoms with Crippen molar-refractivity contribution in [3.8, 4) is 0 Å². The molecule has 1 amide bonds. The molecule has 1 aliphatic rings. The van der Waals surface area contributed by atoms with Crippen LogP contribution in [0.3, 0.4) is 0 Å². The van der Waals surface area contributed by atoms with Crippen molar-refractivity contribution < 1.29 is 13.2 Å². The van der Waals surface area contributed by atoms with Gasteiger partial charge in [0.05, 0.1) is 17.1 Å². The Morgan fingerprint density at radius 1 is 1.32 bits per heavy atom. The first-order valence-electron chi connectivity index (χ1n) is 8.27. The zero-order chi connectivity index (χ0) is 18.0. The van der Waals surface area contributed by atoms with Crippen molar-refractivity contribution in [3.05, 3.63) is 53.9 Å². The smallest absolute Gasteiger partial charge is 0.240 e. The third-order valence-corrected chi connectivity index (χ3v) is 5.72. The van der Waals surface area contributed by atoms with Gasteiger partial charge in [-0.25, -0.2) is 13.1 Å². The van der Waals surface area contributed by atoms with Gasteiger partial charge in [-0.2, -0.15) is 0 Å². The molecule has 3 rings (SSSR count). The number of fused-ring (bicyclic) bond motifs is 1. The van der Waals surface area contributed by atoms with Gasteiger partial charge in [0.1, 0.15) is 0 Å². The molecule has 0 bridgehead atoms. The third-order valence-electron chi connectivity index (χ3n) is 4.32. The molecular weight excluding hydrogens is 338 g/mol. The van der Waals surface area contributed by atoms with Crippen LogP contribution in [0.5, 0.6) is 0 Å². The Bertz CT molecular complexity index is 882. The van der Waals surface area contributed by atoms with E-state index in [0.29, 0.717) is 18.5 Å². The molecule has 6 nitrogen and oxygen atoms in total. The van der Waals surface area contributed by atoms with Gasteiger partial charge in [-0.1, -0.05) is 13.0 Å². The average Bonchev–Trinajstić information content (AvgIpc) is 2.95. The van der Waals surface area contributed by atoms with Gasteiger partial charge >= 0.3 is 0 Å². The van der Waals surface area contributed by atoms with Crippen molar-refractivity contribution in [1.82, 2.24) is 9.71 Å². The van der Waals surface area contributed by atoms with Gasteiger partial charge in [0.2, 0.25) is 15.9 Å². The maximum absolute atomic E-state index is 12.5. The van der Waals surface area contributed by atoms with E-state index in [-0.39, 0.29) is 23.4 Å². The van der Waals surface area contributed by atoms with Crippen molar-refractivity contribution in [2.45, 2.75) is 44.2 Å². The van der Waals surface area contributed by atoms with E-state index in [1.165, 1.54) is 0 Å². The molecule has 2 heterocycles. The van der Waals surface area contributed by atoms with Gasteiger partial charge < -0.3 is 4.90 Å². The molecule has 1 aliphatic heterocycles. The van der Waals surface area contributed by atoms with E-state index in [9.17, 15) is 13.2 Å². The summed E-state index contributed by atoms with van der Waals surface area (Å²) in [6.45, 7) is 3.94. The van der Waals surface area contributed by atoms with Crippen LogP contribution in [0.15, 0.2) is 47.5 Å². The monoisotopic (exact) mass is 359 g/mol. The first kappa shape index (κ1) is 17.6. The molecule has 7 heteroatoms. The van der Waals surface area contributed by atoms with Crippen molar-refractivity contribution in [3.63, 3.8) is 0 Å². The zero-order valence-electron chi connectivity index (χ0n) is 14.3. The Balaban J connectivity index is 1.82.